The van der Waals surface area contributed by atoms with Gasteiger partial charge in [-0.1, -0.05) is 0 Å². The van der Waals surface area contributed by atoms with Crippen LogP contribution in [0.2, 0.25) is 0 Å². The molecule has 1 rings (SSSR count). The number of aliphatic hydroxyl groups excluding tert-OH is 2. The first-order valence-corrected chi connectivity index (χ1v) is 2.71. The summed E-state index contributed by atoms with van der Waals surface area (Å²) in [6.07, 6.45) is -1.79. The topological polar surface area (TPSA) is 66.8 Å². The van der Waals surface area contributed by atoms with Crippen LogP contribution < -0.4 is 0 Å². The molecule has 0 unspecified atom stereocenters. The smallest absolute Gasteiger partial charge is 0.169 e. The van der Waals surface area contributed by atoms with Crippen LogP contribution in [0.15, 0.2) is 0 Å². The number of aliphatic hydroxyl groups is 2. The molecule has 0 bridgehead atoms. The van der Waals surface area contributed by atoms with Crippen LogP contribution in [0.4, 0.5) is 0 Å². The third-order valence-corrected chi connectivity index (χ3v) is 1.22. The van der Waals surface area contributed by atoms with Crippen LogP contribution in [-0.2, 0) is 9.53 Å². The lowest BCUT2D eigenvalue weighted by Crippen LogP contribution is -2.20. The van der Waals surface area contributed by atoms with E-state index < -0.39 is 12.4 Å². The Morgan fingerprint density at radius 2 is 2.44 bits per heavy atom. The van der Waals surface area contributed by atoms with Crippen LogP contribution in [0, 0.1) is 0 Å². The van der Waals surface area contributed by atoms with Crippen LogP contribution in [-0.4, -0.2) is 35.0 Å². The van der Waals surface area contributed by atoms with E-state index in [1.54, 1.807) is 0 Å². The fourth-order valence-electron chi connectivity index (χ4n) is 0.762. The van der Waals surface area contributed by atoms with E-state index in [4.69, 9.17) is 10.2 Å². The maximum atomic E-state index is 10.6. The van der Waals surface area contributed by atoms with E-state index >= 15 is 0 Å². The van der Waals surface area contributed by atoms with Gasteiger partial charge in [-0.15, -0.1) is 0 Å². The molecule has 0 radical (unpaired) electrons. The zero-order chi connectivity index (χ0) is 6.85. The molecule has 0 aromatic carbocycles. The summed E-state index contributed by atoms with van der Waals surface area (Å²) >= 11 is 0. The van der Waals surface area contributed by atoms with Crippen molar-refractivity contribution in [2.45, 2.75) is 18.8 Å². The Morgan fingerprint density at radius 3 is 2.67 bits per heavy atom. The predicted molar refractivity (Wildman–Crippen MR) is 27.6 cm³/mol. The molecule has 1 fully saturated rings. The van der Waals surface area contributed by atoms with Gasteiger partial charge in [0.25, 0.3) is 0 Å². The zero-order valence-corrected chi connectivity index (χ0v) is 4.78. The molecule has 0 aromatic rings. The molecular formula is C5H8O4. The van der Waals surface area contributed by atoms with E-state index in [1.807, 2.05) is 0 Å². The van der Waals surface area contributed by atoms with Crippen LogP contribution in [0.1, 0.15) is 6.42 Å². The number of carbonyl (C=O) groups excluding carboxylic acids is 1. The van der Waals surface area contributed by atoms with Crippen molar-refractivity contribution in [1.82, 2.24) is 0 Å². The molecule has 1 aliphatic rings. The first-order valence-electron chi connectivity index (χ1n) is 2.71. The quantitative estimate of drug-likeness (QED) is 0.463. The van der Waals surface area contributed by atoms with Crippen molar-refractivity contribution in [3.63, 3.8) is 0 Å². The molecule has 0 amide bonds. The Balaban J connectivity index is 2.48. The number of Topliss-reactive ketones (excluding diaryl/α,β-unsaturated/α-hetero) is 1. The van der Waals surface area contributed by atoms with Crippen molar-refractivity contribution in [2.24, 2.45) is 0 Å². The maximum absolute atomic E-state index is 10.6. The minimum Gasteiger partial charge on any atom is -0.393 e. The molecule has 2 N–H and O–H groups in total. The Bertz CT molecular complexity index is 122. The molecule has 1 heterocycles. The first-order chi connectivity index (χ1) is 4.24. The molecule has 1 aliphatic heterocycles. The number of rotatable bonds is 1. The third-order valence-electron chi connectivity index (χ3n) is 1.22. The van der Waals surface area contributed by atoms with Gasteiger partial charge in [0.1, 0.15) is 6.10 Å². The van der Waals surface area contributed by atoms with E-state index in [0.29, 0.717) is 0 Å². The van der Waals surface area contributed by atoms with Crippen LogP contribution in [0.25, 0.3) is 0 Å². The van der Waals surface area contributed by atoms with E-state index in [0.717, 1.165) is 0 Å². The second kappa shape index (κ2) is 2.43. The van der Waals surface area contributed by atoms with Gasteiger partial charge in [0.05, 0.1) is 13.0 Å². The summed E-state index contributed by atoms with van der Waals surface area (Å²) in [5.74, 6) is -0.231. The molecule has 4 nitrogen and oxygen atoms in total. The molecule has 0 aliphatic carbocycles. The van der Waals surface area contributed by atoms with Gasteiger partial charge in [-0.3, -0.25) is 4.79 Å². The molecular weight excluding hydrogens is 124 g/mol. The van der Waals surface area contributed by atoms with Gasteiger partial charge in [0, 0.05) is 0 Å². The molecule has 0 aromatic heterocycles. The number of ketones is 1. The summed E-state index contributed by atoms with van der Waals surface area (Å²) in [5.41, 5.74) is 0. The summed E-state index contributed by atoms with van der Waals surface area (Å²) in [6.45, 7) is -0.337. The van der Waals surface area contributed by atoms with Crippen molar-refractivity contribution < 1.29 is 19.7 Å². The average Bonchev–Trinajstić information content (AvgIpc) is 2.10. The molecule has 0 spiro atoms. The molecule has 4 heteroatoms. The van der Waals surface area contributed by atoms with Crippen molar-refractivity contribution >= 4 is 5.78 Å². The lowest BCUT2D eigenvalue weighted by Gasteiger charge is -2.02. The van der Waals surface area contributed by atoms with Crippen molar-refractivity contribution in [2.75, 3.05) is 6.61 Å². The molecule has 9 heavy (non-hydrogen) atoms. The summed E-state index contributed by atoms with van der Waals surface area (Å²) < 4.78 is 4.58. The van der Waals surface area contributed by atoms with Gasteiger partial charge >= 0.3 is 0 Å². The van der Waals surface area contributed by atoms with E-state index in [9.17, 15) is 4.79 Å². The SMILES string of the molecule is O=C1C[C@H](O)O[C@@H]1CO. The normalized spacial score (nSPS) is 35.6. The highest BCUT2D eigenvalue weighted by molar-refractivity contribution is 5.85. The molecule has 1 saturated heterocycles. The lowest BCUT2D eigenvalue weighted by atomic mass is 10.2. The highest BCUT2D eigenvalue weighted by Gasteiger charge is 2.30. The second-order valence-electron chi connectivity index (χ2n) is 1.93. The number of hydrogen-bond donors (Lipinski definition) is 2. The summed E-state index contributed by atoms with van der Waals surface area (Å²) in [7, 11) is 0. The van der Waals surface area contributed by atoms with Gasteiger partial charge < -0.3 is 14.9 Å². The Hall–Kier alpha value is -0.450. The molecule has 2 atom stereocenters. The standard InChI is InChI=1S/C5H8O4/c6-2-4-3(7)1-5(8)9-4/h4-6,8H,1-2H2/t4-,5-/m1/s1. The maximum Gasteiger partial charge on any atom is 0.169 e. The lowest BCUT2D eigenvalue weighted by molar-refractivity contribution is -0.129. The summed E-state index contributed by atoms with van der Waals surface area (Å²) in [6, 6.07) is 0. The molecule has 0 saturated carbocycles. The number of hydrogen-bond acceptors (Lipinski definition) is 4. The van der Waals surface area contributed by atoms with Crippen LogP contribution >= 0.6 is 0 Å². The highest BCUT2D eigenvalue weighted by Crippen LogP contribution is 2.12. The highest BCUT2D eigenvalue weighted by atomic mass is 16.6. The third kappa shape index (κ3) is 1.27. The van der Waals surface area contributed by atoms with Crippen LogP contribution in [0.5, 0.6) is 0 Å². The monoisotopic (exact) mass is 132 g/mol. The zero-order valence-electron chi connectivity index (χ0n) is 4.78. The molecule has 52 valence electrons. The predicted octanol–water partition coefficient (Wildman–Crippen LogP) is -1.34. The van der Waals surface area contributed by atoms with Gasteiger partial charge in [0.2, 0.25) is 0 Å². The van der Waals surface area contributed by atoms with Crippen molar-refractivity contribution in [3.05, 3.63) is 0 Å². The second-order valence-corrected chi connectivity index (χ2v) is 1.93. The minimum absolute atomic E-state index is 0.00519. The first kappa shape index (κ1) is 6.67. The fourth-order valence-corrected chi connectivity index (χ4v) is 0.762. The van der Waals surface area contributed by atoms with E-state index in [1.165, 1.54) is 0 Å². The summed E-state index contributed by atoms with van der Waals surface area (Å²) in [4.78, 5) is 10.6. The average molecular weight is 132 g/mol. The van der Waals surface area contributed by atoms with Crippen molar-refractivity contribution in [3.8, 4) is 0 Å². The Labute approximate surface area is 52.1 Å². The van der Waals surface area contributed by atoms with Crippen molar-refractivity contribution in [1.29, 1.82) is 0 Å². The summed E-state index contributed by atoms with van der Waals surface area (Å²) in [5, 5.41) is 17.0. The Morgan fingerprint density at radius 1 is 1.78 bits per heavy atom. The largest absolute Gasteiger partial charge is 0.393 e. The van der Waals surface area contributed by atoms with E-state index in [-0.39, 0.29) is 18.8 Å². The van der Waals surface area contributed by atoms with E-state index in [2.05, 4.69) is 4.74 Å². The van der Waals surface area contributed by atoms with Gasteiger partial charge in [-0.2, -0.15) is 0 Å². The number of carbonyl (C=O) groups is 1. The van der Waals surface area contributed by atoms with Gasteiger partial charge in [0.15, 0.2) is 12.1 Å². The van der Waals surface area contributed by atoms with Crippen LogP contribution in [0.3, 0.4) is 0 Å². The Kier molecular flexibility index (Phi) is 1.80. The fraction of sp³-hybridized carbons (Fsp3) is 0.800. The van der Waals surface area contributed by atoms with Gasteiger partial charge in [-0.25, -0.2) is 0 Å². The minimum atomic E-state index is -1.00. The van der Waals surface area contributed by atoms with Gasteiger partial charge in [-0.05, 0) is 0 Å². The number of ether oxygens (including phenoxy) is 1.